The summed E-state index contributed by atoms with van der Waals surface area (Å²) in [5.41, 5.74) is 0.425. The average molecular weight is 508 g/mol. The number of halogens is 1. The van der Waals surface area contributed by atoms with Crippen LogP contribution in [0.1, 0.15) is 55.1 Å². The van der Waals surface area contributed by atoms with Gasteiger partial charge in [0.1, 0.15) is 18.2 Å². The summed E-state index contributed by atoms with van der Waals surface area (Å²) < 4.78 is 22.1. The van der Waals surface area contributed by atoms with Crippen LogP contribution in [-0.2, 0) is 5.54 Å². The number of nitrogens with zero attached hydrogens (tertiary/aromatic N) is 2. The van der Waals surface area contributed by atoms with Crippen LogP contribution in [0.2, 0.25) is 0 Å². The van der Waals surface area contributed by atoms with Gasteiger partial charge in [0.25, 0.3) is 11.5 Å². The summed E-state index contributed by atoms with van der Waals surface area (Å²) >= 11 is 0. The normalized spacial score (nSPS) is 13.3. The first-order valence-electron chi connectivity index (χ1n) is 12.6. The van der Waals surface area contributed by atoms with Gasteiger partial charge in [-0.1, -0.05) is 25.1 Å². The van der Waals surface area contributed by atoms with E-state index < -0.39 is 16.9 Å². The Balaban J connectivity index is 1.64. The fraction of sp³-hybridized carbons (Fsp3) is 0.393. The molecule has 1 aromatic heterocycles. The lowest BCUT2D eigenvalue weighted by Gasteiger charge is -2.29. The molecule has 0 atom stereocenters. The Morgan fingerprint density at radius 3 is 2.73 bits per heavy atom. The highest BCUT2D eigenvalue weighted by molar-refractivity contribution is 5.95. The van der Waals surface area contributed by atoms with Gasteiger partial charge in [-0.05, 0) is 58.4 Å². The SMILES string of the molecule is CCNCCOc1ccccc1C(C)(C)Nc1nccn(-c2cc(C(=O)NC3CC3)cc(F)c2C)c1=O. The fourth-order valence-corrected chi connectivity index (χ4v) is 4.11. The molecule has 1 heterocycles. The van der Waals surface area contributed by atoms with Gasteiger partial charge in [0.05, 0.1) is 11.2 Å². The van der Waals surface area contributed by atoms with E-state index in [0.29, 0.717) is 18.0 Å². The lowest BCUT2D eigenvalue weighted by Crippen LogP contribution is -2.34. The summed E-state index contributed by atoms with van der Waals surface area (Å²) in [4.78, 5) is 30.4. The Bertz CT molecular complexity index is 1330. The van der Waals surface area contributed by atoms with Crippen molar-refractivity contribution in [2.24, 2.45) is 0 Å². The van der Waals surface area contributed by atoms with Crippen molar-refractivity contribution in [3.8, 4) is 11.4 Å². The maximum absolute atomic E-state index is 14.8. The van der Waals surface area contributed by atoms with Crippen LogP contribution in [0.15, 0.2) is 53.6 Å². The molecule has 8 nitrogen and oxygen atoms in total. The Kier molecular flexibility index (Phi) is 7.92. The van der Waals surface area contributed by atoms with Crippen LogP contribution in [0, 0.1) is 12.7 Å². The molecule has 4 rings (SSSR count). The highest BCUT2D eigenvalue weighted by atomic mass is 19.1. The largest absolute Gasteiger partial charge is 0.492 e. The lowest BCUT2D eigenvalue weighted by atomic mass is 9.93. The number of carbonyl (C=O) groups is 1. The van der Waals surface area contributed by atoms with Crippen molar-refractivity contribution >= 4 is 11.7 Å². The average Bonchev–Trinajstić information content (AvgIpc) is 3.69. The summed E-state index contributed by atoms with van der Waals surface area (Å²) in [7, 11) is 0. The predicted octanol–water partition coefficient (Wildman–Crippen LogP) is 3.91. The van der Waals surface area contributed by atoms with Gasteiger partial charge in [-0.25, -0.2) is 9.37 Å². The minimum absolute atomic E-state index is 0.0996. The highest BCUT2D eigenvalue weighted by Crippen LogP contribution is 2.32. The molecule has 0 unspecified atom stereocenters. The quantitative estimate of drug-likeness (QED) is 0.341. The van der Waals surface area contributed by atoms with Crippen molar-refractivity contribution in [3.63, 3.8) is 0 Å². The number of rotatable bonds is 11. The predicted molar refractivity (Wildman–Crippen MR) is 142 cm³/mol. The molecule has 37 heavy (non-hydrogen) atoms. The molecule has 196 valence electrons. The molecule has 1 amide bonds. The molecule has 9 heteroatoms. The van der Waals surface area contributed by atoms with Crippen LogP contribution in [0.3, 0.4) is 0 Å². The molecule has 3 aromatic rings. The number of hydrogen-bond donors (Lipinski definition) is 3. The van der Waals surface area contributed by atoms with Crippen molar-refractivity contribution in [2.45, 2.75) is 52.1 Å². The number of carbonyl (C=O) groups excluding carboxylic acids is 1. The molecular weight excluding hydrogens is 473 g/mol. The van der Waals surface area contributed by atoms with Crippen LogP contribution in [-0.4, -0.2) is 41.2 Å². The van der Waals surface area contributed by atoms with Crippen molar-refractivity contribution < 1.29 is 13.9 Å². The van der Waals surface area contributed by atoms with E-state index >= 15 is 0 Å². The molecule has 3 N–H and O–H groups in total. The first-order chi connectivity index (χ1) is 17.7. The lowest BCUT2D eigenvalue weighted by molar-refractivity contribution is 0.0950. The van der Waals surface area contributed by atoms with Crippen molar-refractivity contribution in [3.05, 3.63) is 81.7 Å². The van der Waals surface area contributed by atoms with E-state index in [1.165, 1.54) is 23.0 Å². The smallest absolute Gasteiger partial charge is 0.297 e. The first kappa shape index (κ1) is 26.3. The van der Waals surface area contributed by atoms with Crippen LogP contribution >= 0.6 is 0 Å². The van der Waals surface area contributed by atoms with Crippen LogP contribution in [0.4, 0.5) is 10.2 Å². The zero-order chi connectivity index (χ0) is 26.6. The van der Waals surface area contributed by atoms with Crippen molar-refractivity contribution in [1.82, 2.24) is 20.2 Å². The van der Waals surface area contributed by atoms with E-state index in [1.807, 2.05) is 45.0 Å². The van der Waals surface area contributed by atoms with Gasteiger partial charge in [0.15, 0.2) is 5.82 Å². The number of nitrogens with one attached hydrogen (secondary N) is 3. The molecule has 2 aromatic carbocycles. The Morgan fingerprint density at radius 2 is 2.00 bits per heavy atom. The van der Waals surface area contributed by atoms with E-state index in [1.54, 1.807) is 13.0 Å². The number of hydrogen-bond acceptors (Lipinski definition) is 6. The van der Waals surface area contributed by atoms with E-state index in [9.17, 15) is 14.0 Å². The number of benzene rings is 2. The number of ether oxygens (including phenoxy) is 1. The van der Waals surface area contributed by atoms with E-state index in [0.717, 1.165) is 31.5 Å². The van der Waals surface area contributed by atoms with E-state index in [2.05, 4.69) is 20.9 Å². The van der Waals surface area contributed by atoms with Crippen LogP contribution in [0.5, 0.6) is 5.75 Å². The molecule has 1 aliphatic rings. The maximum Gasteiger partial charge on any atom is 0.297 e. The molecular formula is C28H34FN5O3. The third kappa shape index (κ3) is 6.17. The van der Waals surface area contributed by atoms with Gasteiger partial charge in [0.2, 0.25) is 0 Å². The minimum Gasteiger partial charge on any atom is -0.492 e. The highest BCUT2D eigenvalue weighted by Gasteiger charge is 2.27. The second-order valence-electron chi connectivity index (χ2n) is 9.75. The molecule has 0 spiro atoms. The van der Waals surface area contributed by atoms with Crippen LogP contribution in [0.25, 0.3) is 5.69 Å². The summed E-state index contributed by atoms with van der Waals surface area (Å²) in [5, 5.41) is 9.34. The van der Waals surface area contributed by atoms with Gasteiger partial charge in [-0.3, -0.25) is 14.2 Å². The standard InChI is InChI=1S/C28H34FN5O3/c1-5-30-13-15-37-24-9-7-6-8-21(24)28(3,4)33-25-27(36)34(14-12-31-25)23-17-19(16-22(29)18(23)2)26(35)32-20-10-11-20/h6-9,12,14,16-17,20,30H,5,10-11,13,15H2,1-4H3,(H,31,33)(H,32,35). The molecule has 0 aliphatic heterocycles. The summed E-state index contributed by atoms with van der Waals surface area (Å²) in [6.45, 7) is 9.58. The number of anilines is 1. The maximum atomic E-state index is 14.8. The van der Waals surface area contributed by atoms with Gasteiger partial charge < -0.3 is 20.7 Å². The Labute approximate surface area is 216 Å². The molecule has 1 saturated carbocycles. The molecule has 0 bridgehead atoms. The minimum atomic E-state index is -0.716. The summed E-state index contributed by atoms with van der Waals surface area (Å²) in [6.07, 6.45) is 4.80. The third-order valence-corrected chi connectivity index (χ3v) is 6.37. The van der Waals surface area contributed by atoms with Crippen LogP contribution < -0.4 is 26.2 Å². The van der Waals surface area contributed by atoms with Gasteiger partial charge >= 0.3 is 0 Å². The number of likely N-dealkylation sites (N-methyl/N-ethyl adjacent to an activating group) is 1. The van der Waals surface area contributed by atoms with Crippen molar-refractivity contribution in [1.29, 1.82) is 0 Å². The second kappa shape index (κ2) is 11.1. The van der Waals surface area contributed by atoms with Gasteiger partial charge in [-0.15, -0.1) is 0 Å². The Morgan fingerprint density at radius 1 is 1.24 bits per heavy atom. The zero-order valence-corrected chi connectivity index (χ0v) is 21.7. The summed E-state index contributed by atoms with van der Waals surface area (Å²) in [6, 6.07) is 10.5. The van der Waals surface area contributed by atoms with Gasteiger partial charge in [-0.2, -0.15) is 0 Å². The molecule has 1 fully saturated rings. The van der Waals surface area contributed by atoms with Gasteiger partial charge in [0, 0.05) is 41.7 Å². The summed E-state index contributed by atoms with van der Waals surface area (Å²) in [5.74, 6) is -0.0975. The number of aromatic nitrogens is 2. The molecule has 0 radical (unpaired) electrons. The van der Waals surface area contributed by atoms with E-state index in [4.69, 9.17) is 4.74 Å². The first-order valence-corrected chi connectivity index (χ1v) is 12.6. The second-order valence-corrected chi connectivity index (χ2v) is 9.75. The number of para-hydroxylation sites is 1. The molecule has 1 aliphatic carbocycles. The Hall–Kier alpha value is -3.72. The monoisotopic (exact) mass is 507 g/mol. The topological polar surface area (TPSA) is 97.3 Å². The van der Waals surface area contributed by atoms with E-state index in [-0.39, 0.29) is 28.9 Å². The fourth-order valence-electron chi connectivity index (χ4n) is 4.11. The number of amides is 1. The third-order valence-electron chi connectivity index (χ3n) is 6.37. The van der Waals surface area contributed by atoms with Crippen molar-refractivity contribution in [2.75, 3.05) is 25.0 Å². The zero-order valence-electron chi connectivity index (χ0n) is 21.7. The molecule has 0 saturated heterocycles.